The van der Waals surface area contributed by atoms with Gasteiger partial charge in [0.2, 0.25) is 0 Å². The number of thiazole rings is 1. The molecule has 0 aliphatic carbocycles. The molecule has 0 spiro atoms. The third kappa shape index (κ3) is 4.46. The number of hydrogen-bond acceptors (Lipinski definition) is 6. The molecule has 31 heavy (non-hydrogen) atoms. The van der Waals surface area contributed by atoms with E-state index < -0.39 is 0 Å². The van der Waals surface area contributed by atoms with E-state index in [1.54, 1.807) is 16.3 Å². The molecule has 8 heteroatoms. The van der Waals surface area contributed by atoms with Crippen molar-refractivity contribution in [3.63, 3.8) is 0 Å². The molecule has 0 bridgehead atoms. The van der Waals surface area contributed by atoms with Crippen molar-refractivity contribution in [2.75, 3.05) is 12.4 Å². The van der Waals surface area contributed by atoms with E-state index >= 15 is 0 Å². The zero-order valence-corrected chi connectivity index (χ0v) is 19.9. The van der Waals surface area contributed by atoms with Crippen LogP contribution in [0.25, 0.3) is 21.7 Å². The second kappa shape index (κ2) is 9.80. The summed E-state index contributed by atoms with van der Waals surface area (Å²) in [5.74, 6) is 1.70. The molecule has 0 aliphatic rings. The molecule has 0 amide bonds. The van der Waals surface area contributed by atoms with E-state index in [1.807, 2.05) is 66.1 Å². The predicted molar refractivity (Wildman–Crippen MR) is 132 cm³/mol. The Labute approximate surface area is 194 Å². The van der Waals surface area contributed by atoms with E-state index in [2.05, 4.69) is 6.92 Å². The van der Waals surface area contributed by atoms with Gasteiger partial charge >= 0.3 is 0 Å². The SMILES string of the molecule is CCCCSc1nc2c(sc(=S)n2-c2ccc(OCC)cc2)c(=O)n1-c1ccccc1. The van der Waals surface area contributed by atoms with Crippen molar-refractivity contribution in [3.05, 3.63) is 68.9 Å². The van der Waals surface area contributed by atoms with Crippen molar-refractivity contribution >= 4 is 45.7 Å². The second-order valence-corrected chi connectivity index (χ2v) is 9.56. The van der Waals surface area contributed by atoms with Gasteiger partial charge in [-0.1, -0.05) is 54.6 Å². The molecule has 0 N–H and O–H groups in total. The summed E-state index contributed by atoms with van der Waals surface area (Å²) in [6.07, 6.45) is 2.15. The van der Waals surface area contributed by atoms with Crippen molar-refractivity contribution in [1.82, 2.24) is 14.1 Å². The highest BCUT2D eigenvalue weighted by Crippen LogP contribution is 2.28. The maximum Gasteiger partial charge on any atom is 0.278 e. The molecule has 0 unspecified atom stereocenters. The number of unbranched alkanes of at least 4 members (excludes halogenated alkanes) is 1. The van der Waals surface area contributed by atoms with Crippen LogP contribution in [-0.2, 0) is 0 Å². The molecule has 2 heterocycles. The van der Waals surface area contributed by atoms with Gasteiger partial charge in [0.25, 0.3) is 5.56 Å². The third-order valence-corrected chi connectivity index (χ3v) is 7.10. The molecule has 0 saturated carbocycles. The van der Waals surface area contributed by atoms with Crippen LogP contribution in [0.5, 0.6) is 5.75 Å². The maximum atomic E-state index is 13.6. The fraction of sp³-hybridized carbons (Fsp3) is 0.261. The summed E-state index contributed by atoms with van der Waals surface area (Å²) in [5.41, 5.74) is 2.20. The molecule has 4 aromatic rings. The standard InChI is InChI=1S/C23H23N3O2S3/c1-3-5-15-30-22-24-20-19(21(27)26(22)16-9-7-6-8-10-16)31-23(29)25(20)17-11-13-18(14-12-17)28-4-2/h6-14H,3-5,15H2,1-2H3. The van der Waals surface area contributed by atoms with E-state index in [4.69, 9.17) is 21.9 Å². The lowest BCUT2D eigenvalue weighted by Crippen LogP contribution is -2.21. The Kier molecular flexibility index (Phi) is 6.89. The monoisotopic (exact) mass is 469 g/mol. The number of fused-ring (bicyclic) bond motifs is 1. The number of rotatable bonds is 8. The van der Waals surface area contributed by atoms with E-state index in [0.29, 0.717) is 26.1 Å². The average Bonchev–Trinajstić information content (AvgIpc) is 3.12. The first-order valence-electron chi connectivity index (χ1n) is 10.2. The van der Waals surface area contributed by atoms with Crippen molar-refractivity contribution in [2.45, 2.75) is 31.8 Å². The number of nitrogens with zero attached hydrogens (tertiary/aromatic N) is 3. The van der Waals surface area contributed by atoms with Crippen LogP contribution in [0.3, 0.4) is 0 Å². The molecule has 0 aliphatic heterocycles. The van der Waals surface area contributed by atoms with Gasteiger partial charge in [0.1, 0.15) is 10.4 Å². The fourth-order valence-corrected chi connectivity index (χ4v) is 5.62. The van der Waals surface area contributed by atoms with Gasteiger partial charge in [-0.3, -0.25) is 13.9 Å². The minimum atomic E-state index is -0.0871. The van der Waals surface area contributed by atoms with Gasteiger partial charge in [0, 0.05) is 11.4 Å². The zero-order chi connectivity index (χ0) is 21.8. The van der Waals surface area contributed by atoms with Crippen LogP contribution in [-0.4, -0.2) is 26.5 Å². The highest BCUT2D eigenvalue weighted by Gasteiger charge is 2.19. The number of benzene rings is 2. The van der Waals surface area contributed by atoms with E-state index in [0.717, 1.165) is 35.7 Å². The minimum absolute atomic E-state index is 0.0871. The Morgan fingerprint density at radius 1 is 1.03 bits per heavy atom. The lowest BCUT2D eigenvalue weighted by molar-refractivity contribution is 0.340. The van der Waals surface area contributed by atoms with E-state index in [1.165, 1.54) is 11.3 Å². The molecule has 0 radical (unpaired) electrons. The Morgan fingerprint density at radius 3 is 2.42 bits per heavy atom. The number of hydrogen-bond donors (Lipinski definition) is 0. The highest BCUT2D eigenvalue weighted by atomic mass is 32.2. The lowest BCUT2D eigenvalue weighted by atomic mass is 10.3. The van der Waals surface area contributed by atoms with Crippen LogP contribution >= 0.6 is 35.3 Å². The molecule has 0 fully saturated rings. The van der Waals surface area contributed by atoms with Crippen LogP contribution in [0, 0.1) is 3.95 Å². The lowest BCUT2D eigenvalue weighted by Gasteiger charge is -2.13. The minimum Gasteiger partial charge on any atom is -0.494 e. The van der Waals surface area contributed by atoms with Crippen molar-refractivity contribution in [3.8, 4) is 17.1 Å². The first kappa shape index (κ1) is 21.8. The summed E-state index contributed by atoms with van der Waals surface area (Å²) in [5, 5.41) is 0.685. The molecule has 0 atom stereocenters. The molecule has 5 nitrogen and oxygen atoms in total. The third-order valence-electron chi connectivity index (χ3n) is 4.73. The summed E-state index contributed by atoms with van der Waals surface area (Å²) >= 11 is 8.55. The second-order valence-electron chi connectivity index (χ2n) is 6.86. The van der Waals surface area contributed by atoms with Gasteiger partial charge in [-0.15, -0.1) is 0 Å². The molecular weight excluding hydrogens is 446 g/mol. The first-order chi connectivity index (χ1) is 15.1. The van der Waals surface area contributed by atoms with Gasteiger partial charge in [-0.05, 0) is 62.0 Å². The quantitative estimate of drug-likeness (QED) is 0.132. The van der Waals surface area contributed by atoms with Crippen LogP contribution in [0.15, 0.2) is 64.5 Å². The Balaban J connectivity index is 1.91. The van der Waals surface area contributed by atoms with Crippen LogP contribution in [0.1, 0.15) is 26.7 Å². The number of thioether (sulfide) groups is 1. The van der Waals surface area contributed by atoms with Gasteiger partial charge in [0.05, 0.1) is 12.3 Å². The maximum absolute atomic E-state index is 13.6. The molecule has 2 aromatic heterocycles. The van der Waals surface area contributed by atoms with E-state index in [-0.39, 0.29) is 5.56 Å². The van der Waals surface area contributed by atoms with Gasteiger partial charge in [0.15, 0.2) is 14.8 Å². The first-order valence-corrected chi connectivity index (χ1v) is 12.4. The van der Waals surface area contributed by atoms with Gasteiger partial charge < -0.3 is 4.74 Å². The normalized spacial score (nSPS) is 11.2. The molecular formula is C23H23N3O2S3. The number of aromatic nitrogens is 3. The molecule has 2 aromatic carbocycles. The summed E-state index contributed by atoms with van der Waals surface area (Å²) < 4.78 is 10.3. The summed E-state index contributed by atoms with van der Waals surface area (Å²) in [4.78, 5) is 18.5. The summed E-state index contributed by atoms with van der Waals surface area (Å²) in [6.45, 7) is 4.72. The number of para-hydroxylation sites is 1. The van der Waals surface area contributed by atoms with Crippen molar-refractivity contribution in [1.29, 1.82) is 0 Å². The Bertz CT molecular complexity index is 1290. The predicted octanol–water partition coefficient (Wildman–Crippen LogP) is 6.26. The largest absolute Gasteiger partial charge is 0.494 e. The van der Waals surface area contributed by atoms with E-state index in [9.17, 15) is 4.79 Å². The Hall–Kier alpha value is -2.42. The van der Waals surface area contributed by atoms with Gasteiger partial charge in [-0.25, -0.2) is 4.98 Å². The summed E-state index contributed by atoms with van der Waals surface area (Å²) in [6, 6.07) is 17.4. The van der Waals surface area contributed by atoms with Crippen LogP contribution in [0.4, 0.5) is 0 Å². The van der Waals surface area contributed by atoms with Crippen LogP contribution in [0.2, 0.25) is 0 Å². The average molecular weight is 470 g/mol. The Morgan fingerprint density at radius 2 is 1.74 bits per heavy atom. The smallest absolute Gasteiger partial charge is 0.278 e. The number of ether oxygens (including phenoxy) is 1. The van der Waals surface area contributed by atoms with Crippen molar-refractivity contribution in [2.24, 2.45) is 0 Å². The zero-order valence-electron chi connectivity index (χ0n) is 17.4. The summed E-state index contributed by atoms with van der Waals surface area (Å²) in [7, 11) is 0. The topological polar surface area (TPSA) is 49.1 Å². The molecule has 160 valence electrons. The fourth-order valence-electron chi connectivity index (χ4n) is 3.23. The van der Waals surface area contributed by atoms with Crippen LogP contribution < -0.4 is 10.3 Å². The van der Waals surface area contributed by atoms with Gasteiger partial charge in [-0.2, -0.15) is 0 Å². The van der Waals surface area contributed by atoms with Crippen molar-refractivity contribution < 1.29 is 4.74 Å². The highest BCUT2D eigenvalue weighted by molar-refractivity contribution is 7.99. The molecule has 4 rings (SSSR count). The molecule has 0 saturated heterocycles.